The van der Waals surface area contributed by atoms with E-state index in [4.69, 9.17) is 4.74 Å². The lowest BCUT2D eigenvalue weighted by molar-refractivity contribution is -0.138. The average Bonchev–Trinajstić information content (AvgIpc) is 2.77. The van der Waals surface area contributed by atoms with Crippen LogP contribution in [0.25, 0.3) is 0 Å². The Bertz CT molecular complexity index is 1010. The summed E-state index contributed by atoms with van der Waals surface area (Å²) in [6.45, 7) is 3.73. The smallest absolute Gasteiger partial charge is 0.244 e. The predicted molar refractivity (Wildman–Crippen MR) is 125 cm³/mol. The number of rotatable bonds is 11. The lowest BCUT2D eigenvalue weighted by Gasteiger charge is -2.31. The van der Waals surface area contributed by atoms with Gasteiger partial charge in [0.25, 0.3) is 0 Å². The molecule has 32 heavy (non-hydrogen) atoms. The summed E-state index contributed by atoms with van der Waals surface area (Å²) in [6, 6.07) is 15.3. The second-order valence-electron chi connectivity index (χ2n) is 7.36. The first-order valence-corrected chi connectivity index (χ1v) is 12.2. The van der Waals surface area contributed by atoms with Crippen LogP contribution >= 0.6 is 0 Å². The van der Waals surface area contributed by atoms with Gasteiger partial charge in [-0.1, -0.05) is 36.4 Å². The van der Waals surface area contributed by atoms with Gasteiger partial charge in [0.15, 0.2) is 0 Å². The fraction of sp³-hybridized carbons (Fsp3) is 0.391. The zero-order chi connectivity index (χ0) is 23.7. The number of methoxy groups -OCH3 is 1. The van der Waals surface area contributed by atoms with E-state index in [-0.39, 0.29) is 12.5 Å². The summed E-state index contributed by atoms with van der Waals surface area (Å²) in [4.78, 5) is 27.2. The molecule has 0 spiro atoms. The molecule has 0 bridgehead atoms. The Balaban J connectivity index is 2.30. The van der Waals surface area contributed by atoms with E-state index >= 15 is 0 Å². The van der Waals surface area contributed by atoms with Gasteiger partial charge < -0.3 is 15.0 Å². The highest BCUT2D eigenvalue weighted by molar-refractivity contribution is 7.92. The molecule has 0 aliphatic rings. The molecule has 8 nitrogen and oxygen atoms in total. The molecule has 1 atom stereocenters. The highest BCUT2D eigenvalue weighted by atomic mass is 32.2. The van der Waals surface area contributed by atoms with Crippen molar-refractivity contribution in [3.05, 3.63) is 60.2 Å². The number of carbonyl (C=O) groups excluding carboxylic acids is 2. The summed E-state index contributed by atoms with van der Waals surface area (Å²) in [6.07, 6.45) is 1.58. The molecule has 2 amide bonds. The fourth-order valence-electron chi connectivity index (χ4n) is 3.27. The maximum atomic E-state index is 13.3. The Morgan fingerprint density at radius 3 is 2.38 bits per heavy atom. The van der Waals surface area contributed by atoms with Crippen molar-refractivity contribution in [2.45, 2.75) is 26.3 Å². The van der Waals surface area contributed by atoms with Crippen molar-refractivity contribution in [3.63, 3.8) is 0 Å². The van der Waals surface area contributed by atoms with E-state index in [1.165, 1.54) is 12.0 Å². The molecule has 2 rings (SSSR count). The number of nitrogens with one attached hydrogen (secondary N) is 1. The molecule has 2 aromatic carbocycles. The molecule has 9 heteroatoms. The monoisotopic (exact) mass is 461 g/mol. The minimum Gasteiger partial charge on any atom is -0.497 e. The van der Waals surface area contributed by atoms with Gasteiger partial charge in [0, 0.05) is 19.2 Å². The lowest BCUT2D eigenvalue weighted by atomic mass is 10.1. The van der Waals surface area contributed by atoms with Gasteiger partial charge >= 0.3 is 0 Å². The van der Waals surface area contributed by atoms with E-state index in [2.05, 4.69) is 5.32 Å². The number of ether oxygens (including phenoxy) is 1. The molecule has 174 valence electrons. The highest BCUT2D eigenvalue weighted by Crippen LogP contribution is 2.23. The number of carbonyl (C=O) groups is 2. The van der Waals surface area contributed by atoms with Crippen molar-refractivity contribution in [1.29, 1.82) is 0 Å². The Kier molecular flexibility index (Phi) is 9.07. The topological polar surface area (TPSA) is 96.0 Å². The van der Waals surface area contributed by atoms with Crippen molar-refractivity contribution in [2.75, 3.05) is 37.3 Å². The third-order valence-electron chi connectivity index (χ3n) is 5.02. The number of anilines is 1. The fourth-order valence-corrected chi connectivity index (χ4v) is 4.11. The largest absolute Gasteiger partial charge is 0.497 e. The molecule has 0 fully saturated rings. The van der Waals surface area contributed by atoms with Crippen LogP contribution in [0.2, 0.25) is 0 Å². The van der Waals surface area contributed by atoms with Crippen molar-refractivity contribution in [1.82, 2.24) is 10.2 Å². The summed E-state index contributed by atoms with van der Waals surface area (Å²) in [5.74, 6) is -0.283. The van der Waals surface area contributed by atoms with E-state index < -0.39 is 28.5 Å². The molecule has 0 saturated heterocycles. The molecule has 0 saturated carbocycles. The second-order valence-corrected chi connectivity index (χ2v) is 9.27. The number of amides is 2. The second kappa shape index (κ2) is 11.5. The molecule has 0 aliphatic heterocycles. The normalized spacial score (nSPS) is 12.0. The van der Waals surface area contributed by atoms with Gasteiger partial charge in [0.05, 0.1) is 19.1 Å². The van der Waals surface area contributed by atoms with Gasteiger partial charge in [-0.25, -0.2) is 8.42 Å². The zero-order valence-corrected chi connectivity index (χ0v) is 19.8. The number of likely N-dealkylation sites (N-methyl/N-ethyl adjacent to an activating group) is 1. The zero-order valence-electron chi connectivity index (χ0n) is 18.9. The van der Waals surface area contributed by atoms with Crippen LogP contribution in [0.5, 0.6) is 5.75 Å². The quantitative estimate of drug-likeness (QED) is 0.553. The van der Waals surface area contributed by atoms with Crippen LogP contribution in [0.4, 0.5) is 5.69 Å². The Labute approximate surface area is 190 Å². The number of benzene rings is 2. The molecule has 0 heterocycles. The molecule has 0 aromatic heterocycles. The minimum absolute atomic E-state index is 0.275. The van der Waals surface area contributed by atoms with E-state index in [9.17, 15) is 18.0 Å². The molecule has 2 aromatic rings. The molecule has 0 unspecified atom stereocenters. The van der Waals surface area contributed by atoms with Crippen LogP contribution in [0.15, 0.2) is 54.6 Å². The lowest BCUT2D eigenvalue weighted by Crippen LogP contribution is -2.52. The third-order valence-corrected chi connectivity index (χ3v) is 6.16. The Morgan fingerprint density at radius 1 is 1.09 bits per heavy atom. The van der Waals surface area contributed by atoms with Crippen LogP contribution in [0.3, 0.4) is 0 Å². The number of nitrogens with zero attached hydrogens (tertiary/aromatic N) is 2. The van der Waals surface area contributed by atoms with E-state index in [0.29, 0.717) is 24.4 Å². The maximum absolute atomic E-state index is 13.3. The molecule has 0 aliphatic carbocycles. The van der Waals surface area contributed by atoms with Crippen LogP contribution in [-0.2, 0) is 26.0 Å². The van der Waals surface area contributed by atoms with Gasteiger partial charge in [-0.2, -0.15) is 0 Å². The van der Waals surface area contributed by atoms with Gasteiger partial charge in [-0.3, -0.25) is 13.9 Å². The third kappa shape index (κ3) is 6.98. The summed E-state index contributed by atoms with van der Waals surface area (Å²) in [5.41, 5.74) is 1.33. The summed E-state index contributed by atoms with van der Waals surface area (Å²) >= 11 is 0. The number of hydrogen-bond donors (Lipinski definition) is 1. The van der Waals surface area contributed by atoms with Crippen molar-refractivity contribution in [2.24, 2.45) is 0 Å². The summed E-state index contributed by atoms with van der Waals surface area (Å²) < 4.78 is 31.2. The maximum Gasteiger partial charge on any atom is 0.244 e. The van der Waals surface area contributed by atoms with Crippen molar-refractivity contribution >= 4 is 27.5 Å². The summed E-state index contributed by atoms with van der Waals surface area (Å²) in [5, 5.41) is 2.73. The van der Waals surface area contributed by atoms with Gasteiger partial charge in [-0.05, 0) is 38.0 Å². The average molecular weight is 462 g/mol. The van der Waals surface area contributed by atoms with Crippen molar-refractivity contribution in [3.8, 4) is 5.75 Å². The first-order valence-electron chi connectivity index (χ1n) is 10.4. The van der Waals surface area contributed by atoms with Crippen molar-refractivity contribution < 1.29 is 22.7 Å². The standard InChI is InChI=1S/C23H31N3O5S/c1-5-24-23(28)18(2)25(15-14-19-10-7-6-8-11-19)22(27)17-26(32(4,29)30)20-12-9-13-21(16-20)31-3/h6-13,16,18H,5,14-15,17H2,1-4H3,(H,24,28)/t18-/m1/s1. The van der Waals surface area contributed by atoms with E-state index in [1.807, 2.05) is 30.3 Å². The van der Waals surface area contributed by atoms with E-state index in [1.54, 1.807) is 38.1 Å². The molecular weight excluding hydrogens is 430 g/mol. The first kappa shape index (κ1) is 25.2. The van der Waals surface area contributed by atoms with Crippen LogP contribution in [0, 0.1) is 0 Å². The highest BCUT2D eigenvalue weighted by Gasteiger charge is 2.29. The van der Waals surface area contributed by atoms with Crippen LogP contribution < -0.4 is 14.4 Å². The summed E-state index contributed by atoms with van der Waals surface area (Å²) in [7, 11) is -2.28. The molecular formula is C23H31N3O5S. The van der Waals surface area contributed by atoms with Crippen LogP contribution in [-0.4, -0.2) is 64.2 Å². The molecule has 1 N–H and O–H groups in total. The first-order chi connectivity index (χ1) is 15.2. The SMILES string of the molecule is CCNC(=O)[C@@H](C)N(CCc1ccccc1)C(=O)CN(c1cccc(OC)c1)S(C)(=O)=O. The predicted octanol–water partition coefficient (Wildman–Crippen LogP) is 2.06. The Morgan fingerprint density at radius 2 is 1.78 bits per heavy atom. The Hall–Kier alpha value is -3.07. The van der Waals surface area contributed by atoms with Gasteiger partial charge in [-0.15, -0.1) is 0 Å². The number of hydrogen-bond acceptors (Lipinski definition) is 5. The molecule has 0 radical (unpaired) electrons. The van der Waals surface area contributed by atoms with Gasteiger partial charge in [0.2, 0.25) is 21.8 Å². The van der Waals surface area contributed by atoms with Crippen LogP contribution in [0.1, 0.15) is 19.4 Å². The van der Waals surface area contributed by atoms with Gasteiger partial charge in [0.1, 0.15) is 18.3 Å². The number of sulfonamides is 1. The minimum atomic E-state index is -3.77. The van der Waals surface area contributed by atoms with E-state index in [0.717, 1.165) is 16.1 Å².